The van der Waals surface area contributed by atoms with Crippen LogP contribution < -0.4 is 10.6 Å². The molecule has 8 heteroatoms. The molecule has 1 atom stereocenters. The molecule has 0 aliphatic carbocycles. The summed E-state index contributed by atoms with van der Waals surface area (Å²) >= 11 is 4.61. The van der Waals surface area contributed by atoms with E-state index in [0.717, 1.165) is 21.2 Å². The molecule has 192 valence electrons. The van der Waals surface area contributed by atoms with E-state index < -0.39 is 11.9 Å². The van der Waals surface area contributed by atoms with Crippen molar-refractivity contribution in [1.82, 2.24) is 5.32 Å². The third-order valence-corrected chi connectivity index (χ3v) is 7.44. The molecular formula is C30H26BrN3O3S. The number of carbonyl (C=O) groups excluding carboxylic acids is 2. The number of ether oxygens (including phenoxy) is 1. The third-order valence-electron chi connectivity index (χ3n) is 5.89. The zero-order chi connectivity index (χ0) is 27.1. The van der Waals surface area contributed by atoms with Crippen molar-refractivity contribution in [3.05, 3.63) is 116 Å². The molecule has 0 aromatic heterocycles. The largest absolute Gasteiger partial charge is 0.463 e. The standard InChI is InChI=1S/C30H26BrN3O3S/c1-3-37-30(36)27-26(20-11-9-19(2)10-12-20)24(17-32)29(34-28(27)21-7-5-4-6-8-21)38-18-25(35)33-23-15-13-22(31)14-16-23/h4-16,26,34H,3,18H2,1-2H3,(H,33,35)/t26-/m0/s1. The number of thioether (sulfide) groups is 1. The smallest absolute Gasteiger partial charge is 0.337 e. The summed E-state index contributed by atoms with van der Waals surface area (Å²) in [5.41, 5.74) is 4.60. The molecule has 3 aromatic carbocycles. The molecule has 0 bridgehead atoms. The number of nitrogens with zero attached hydrogens (tertiary/aromatic N) is 1. The van der Waals surface area contributed by atoms with Gasteiger partial charge in [0.15, 0.2) is 0 Å². The molecule has 3 aromatic rings. The summed E-state index contributed by atoms with van der Waals surface area (Å²) in [6, 6.07) is 26.8. The van der Waals surface area contributed by atoms with Gasteiger partial charge >= 0.3 is 5.97 Å². The summed E-state index contributed by atoms with van der Waals surface area (Å²) in [4.78, 5) is 26.1. The molecule has 1 heterocycles. The van der Waals surface area contributed by atoms with Crippen LogP contribution in [0.4, 0.5) is 5.69 Å². The van der Waals surface area contributed by atoms with Gasteiger partial charge in [0.1, 0.15) is 0 Å². The number of nitrogens with one attached hydrogen (secondary N) is 2. The van der Waals surface area contributed by atoms with E-state index in [1.54, 1.807) is 19.1 Å². The van der Waals surface area contributed by atoms with Crippen molar-refractivity contribution in [3.8, 4) is 6.07 Å². The molecule has 38 heavy (non-hydrogen) atoms. The highest BCUT2D eigenvalue weighted by molar-refractivity contribution is 9.10. The summed E-state index contributed by atoms with van der Waals surface area (Å²) < 4.78 is 6.38. The van der Waals surface area contributed by atoms with Gasteiger partial charge in [0, 0.05) is 10.2 Å². The Hall–Kier alpha value is -3.80. The number of hydrogen-bond acceptors (Lipinski definition) is 6. The van der Waals surface area contributed by atoms with Crippen LogP contribution in [0.1, 0.15) is 29.5 Å². The fourth-order valence-corrected chi connectivity index (χ4v) is 5.22. The number of amides is 1. The van der Waals surface area contributed by atoms with E-state index in [1.165, 1.54) is 11.8 Å². The van der Waals surface area contributed by atoms with Crippen LogP contribution in [0.2, 0.25) is 0 Å². The maximum absolute atomic E-state index is 13.4. The summed E-state index contributed by atoms with van der Waals surface area (Å²) in [5, 5.41) is 17.0. The lowest BCUT2D eigenvalue weighted by molar-refractivity contribution is -0.138. The molecule has 2 N–H and O–H groups in total. The molecule has 0 fully saturated rings. The van der Waals surface area contributed by atoms with Gasteiger partial charge in [-0.1, -0.05) is 87.9 Å². The van der Waals surface area contributed by atoms with Gasteiger partial charge in [0.05, 0.1) is 46.2 Å². The molecule has 1 aliphatic heterocycles. The molecule has 0 unspecified atom stereocenters. The van der Waals surface area contributed by atoms with Crippen molar-refractivity contribution in [2.45, 2.75) is 19.8 Å². The lowest BCUT2D eigenvalue weighted by Gasteiger charge is -2.30. The minimum absolute atomic E-state index is 0.0704. The van der Waals surface area contributed by atoms with E-state index in [0.29, 0.717) is 27.6 Å². The van der Waals surface area contributed by atoms with Crippen LogP contribution in [0, 0.1) is 18.3 Å². The van der Waals surface area contributed by atoms with Crippen LogP contribution in [0.3, 0.4) is 0 Å². The molecule has 0 saturated heterocycles. The number of anilines is 1. The SMILES string of the molecule is CCOC(=O)C1=C(c2ccccc2)NC(SCC(=O)Nc2ccc(Br)cc2)=C(C#N)[C@@H]1c1ccc(C)cc1. The number of dihydropyridines is 1. The van der Waals surface area contributed by atoms with Crippen molar-refractivity contribution in [1.29, 1.82) is 5.26 Å². The van der Waals surface area contributed by atoms with Crippen molar-refractivity contribution in [2.24, 2.45) is 0 Å². The van der Waals surface area contributed by atoms with E-state index >= 15 is 0 Å². The van der Waals surface area contributed by atoms with Crippen LogP contribution in [0.15, 0.2) is 99.5 Å². The van der Waals surface area contributed by atoms with Gasteiger partial charge in [-0.25, -0.2) is 4.79 Å². The minimum atomic E-state index is -0.659. The number of allylic oxidation sites excluding steroid dienone is 1. The average molecular weight is 589 g/mol. The van der Waals surface area contributed by atoms with Gasteiger partial charge in [-0.3, -0.25) is 4.79 Å². The van der Waals surface area contributed by atoms with E-state index in [-0.39, 0.29) is 18.3 Å². The minimum Gasteiger partial charge on any atom is -0.463 e. The van der Waals surface area contributed by atoms with Crippen LogP contribution in [-0.4, -0.2) is 24.2 Å². The molecule has 0 saturated carbocycles. The first-order chi connectivity index (χ1) is 18.4. The maximum Gasteiger partial charge on any atom is 0.337 e. The zero-order valence-corrected chi connectivity index (χ0v) is 23.4. The van der Waals surface area contributed by atoms with Crippen molar-refractivity contribution < 1.29 is 14.3 Å². The van der Waals surface area contributed by atoms with Gasteiger partial charge in [-0.2, -0.15) is 5.26 Å². The number of benzene rings is 3. The van der Waals surface area contributed by atoms with E-state index in [1.807, 2.05) is 73.7 Å². The first kappa shape index (κ1) is 27.2. The fourth-order valence-electron chi connectivity index (χ4n) is 4.12. The third kappa shape index (κ3) is 6.36. The van der Waals surface area contributed by atoms with Crippen LogP contribution in [0.5, 0.6) is 0 Å². The molecule has 0 spiro atoms. The first-order valence-corrected chi connectivity index (χ1v) is 13.8. The number of rotatable bonds is 8. The second-order valence-electron chi connectivity index (χ2n) is 8.54. The predicted octanol–water partition coefficient (Wildman–Crippen LogP) is 6.53. The highest BCUT2D eigenvalue weighted by Crippen LogP contribution is 2.43. The number of aryl methyl sites for hydroxylation is 1. The quantitative estimate of drug-likeness (QED) is 0.291. The molecule has 0 radical (unpaired) electrons. The van der Waals surface area contributed by atoms with Crippen LogP contribution >= 0.6 is 27.7 Å². The summed E-state index contributed by atoms with van der Waals surface area (Å²) in [7, 11) is 0. The average Bonchev–Trinajstić information content (AvgIpc) is 2.93. The van der Waals surface area contributed by atoms with Gasteiger partial charge in [-0.15, -0.1) is 0 Å². The van der Waals surface area contributed by atoms with Gasteiger partial charge < -0.3 is 15.4 Å². The second kappa shape index (κ2) is 12.6. The number of esters is 1. The molecular weight excluding hydrogens is 562 g/mol. The number of carbonyl (C=O) groups is 2. The summed E-state index contributed by atoms with van der Waals surface area (Å²) in [6.07, 6.45) is 0. The monoisotopic (exact) mass is 587 g/mol. The number of hydrogen-bond donors (Lipinski definition) is 2. The maximum atomic E-state index is 13.4. The predicted molar refractivity (Wildman–Crippen MR) is 155 cm³/mol. The lowest BCUT2D eigenvalue weighted by Crippen LogP contribution is -2.29. The fraction of sp³-hybridized carbons (Fsp3) is 0.167. The Labute approximate surface area is 234 Å². The Morgan fingerprint density at radius 3 is 2.37 bits per heavy atom. The molecule has 6 nitrogen and oxygen atoms in total. The Morgan fingerprint density at radius 2 is 1.74 bits per heavy atom. The van der Waals surface area contributed by atoms with Crippen molar-refractivity contribution in [3.63, 3.8) is 0 Å². The van der Waals surface area contributed by atoms with Crippen molar-refractivity contribution >= 4 is 51.0 Å². The van der Waals surface area contributed by atoms with Crippen molar-refractivity contribution in [2.75, 3.05) is 17.7 Å². The first-order valence-electron chi connectivity index (χ1n) is 12.0. The zero-order valence-electron chi connectivity index (χ0n) is 21.0. The topological polar surface area (TPSA) is 91.2 Å². The van der Waals surface area contributed by atoms with E-state index in [4.69, 9.17) is 4.74 Å². The highest BCUT2D eigenvalue weighted by atomic mass is 79.9. The highest BCUT2D eigenvalue weighted by Gasteiger charge is 2.37. The number of halogens is 1. The van der Waals surface area contributed by atoms with Crippen LogP contribution in [0.25, 0.3) is 5.70 Å². The Kier molecular flexibility index (Phi) is 9.06. The molecule has 1 amide bonds. The van der Waals surface area contributed by atoms with Gasteiger partial charge in [-0.05, 0) is 49.2 Å². The second-order valence-corrected chi connectivity index (χ2v) is 10.4. The lowest BCUT2D eigenvalue weighted by atomic mass is 9.81. The Morgan fingerprint density at radius 1 is 1.05 bits per heavy atom. The molecule has 4 rings (SSSR count). The van der Waals surface area contributed by atoms with Gasteiger partial charge in [0.2, 0.25) is 5.91 Å². The Balaban J connectivity index is 1.75. The van der Waals surface area contributed by atoms with Gasteiger partial charge in [0.25, 0.3) is 0 Å². The normalized spacial score (nSPS) is 14.9. The Bertz CT molecular complexity index is 1430. The number of nitriles is 1. The van der Waals surface area contributed by atoms with E-state index in [2.05, 4.69) is 32.6 Å². The summed E-state index contributed by atoms with van der Waals surface area (Å²) in [5.74, 6) is -1.29. The van der Waals surface area contributed by atoms with Crippen LogP contribution in [-0.2, 0) is 14.3 Å². The van der Waals surface area contributed by atoms with E-state index in [9.17, 15) is 14.9 Å². The summed E-state index contributed by atoms with van der Waals surface area (Å²) in [6.45, 7) is 3.94. The molecule has 1 aliphatic rings.